The van der Waals surface area contributed by atoms with Gasteiger partial charge in [0.15, 0.2) is 5.69 Å². The lowest BCUT2D eigenvalue weighted by Crippen LogP contribution is -2.19. The first-order chi connectivity index (χ1) is 9.45. The number of rotatable bonds is 4. The fourth-order valence-electron chi connectivity index (χ4n) is 1.40. The van der Waals surface area contributed by atoms with Crippen LogP contribution in [0.15, 0.2) is 24.4 Å². The molecule has 9 heteroatoms. The summed E-state index contributed by atoms with van der Waals surface area (Å²) in [5.74, 6) is -2.47. The number of aromatic nitrogens is 3. The summed E-state index contributed by atoms with van der Waals surface area (Å²) < 4.78 is 14.4. The van der Waals surface area contributed by atoms with Gasteiger partial charge in [-0.25, -0.2) is 13.9 Å². The van der Waals surface area contributed by atoms with E-state index in [0.29, 0.717) is 0 Å². The van der Waals surface area contributed by atoms with Gasteiger partial charge in [0.05, 0.1) is 11.9 Å². The summed E-state index contributed by atoms with van der Waals surface area (Å²) in [6, 6.07) is 3.73. The fraction of sp³-hybridized carbons (Fsp3) is 0.0909. The topological polar surface area (TPSA) is 97.1 Å². The lowest BCUT2D eigenvalue weighted by Gasteiger charge is -2.06. The third-order valence-corrected chi connectivity index (χ3v) is 2.50. The highest BCUT2D eigenvalue weighted by molar-refractivity contribution is 6.30. The van der Waals surface area contributed by atoms with Crippen molar-refractivity contribution in [2.24, 2.45) is 0 Å². The Morgan fingerprint density at radius 2 is 2.20 bits per heavy atom. The molecular weight excluding hydrogens is 291 g/mol. The molecule has 7 nitrogen and oxygen atoms in total. The first-order valence-corrected chi connectivity index (χ1v) is 5.72. The number of aromatic carboxylic acids is 1. The van der Waals surface area contributed by atoms with Crippen molar-refractivity contribution in [3.8, 4) is 0 Å². The van der Waals surface area contributed by atoms with Crippen LogP contribution in [0.4, 0.5) is 10.1 Å². The summed E-state index contributed by atoms with van der Waals surface area (Å²) in [5.41, 5.74) is -0.354. The monoisotopic (exact) mass is 298 g/mol. The first-order valence-electron chi connectivity index (χ1n) is 5.34. The molecule has 1 heterocycles. The number of nitrogens with zero attached hydrogens (tertiary/aromatic N) is 3. The molecule has 0 aliphatic heterocycles. The van der Waals surface area contributed by atoms with E-state index in [9.17, 15) is 14.0 Å². The van der Waals surface area contributed by atoms with Crippen molar-refractivity contribution in [2.75, 3.05) is 5.32 Å². The van der Waals surface area contributed by atoms with Crippen LogP contribution >= 0.6 is 11.6 Å². The van der Waals surface area contributed by atoms with Crippen molar-refractivity contribution >= 4 is 29.2 Å². The van der Waals surface area contributed by atoms with Crippen LogP contribution < -0.4 is 5.32 Å². The molecule has 0 aliphatic carbocycles. The standard InChI is InChI=1S/C11H8ClFN4O3/c12-6-1-2-7(13)8(3-6)14-10(18)5-17-4-9(11(19)20)15-16-17/h1-4H,5H2,(H,14,18)(H,19,20). The fourth-order valence-corrected chi connectivity index (χ4v) is 1.58. The van der Waals surface area contributed by atoms with Crippen LogP contribution in [0.3, 0.4) is 0 Å². The largest absolute Gasteiger partial charge is 0.476 e. The Labute approximate surface area is 117 Å². The number of hydrogen-bond donors (Lipinski definition) is 2. The van der Waals surface area contributed by atoms with Crippen LogP contribution in [0.5, 0.6) is 0 Å². The van der Waals surface area contributed by atoms with Crippen LogP contribution in [0, 0.1) is 5.82 Å². The third kappa shape index (κ3) is 3.29. The second kappa shape index (κ2) is 5.66. The lowest BCUT2D eigenvalue weighted by molar-refractivity contribution is -0.117. The smallest absolute Gasteiger partial charge is 0.358 e. The van der Waals surface area contributed by atoms with Gasteiger partial charge < -0.3 is 10.4 Å². The van der Waals surface area contributed by atoms with Gasteiger partial charge in [-0.15, -0.1) is 5.10 Å². The van der Waals surface area contributed by atoms with Crippen LogP contribution in [-0.4, -0.2) is 32.0 Å². The summed E-state index contributed by atoms with van der Waals surface area (Å²) in [7, 11) is 0. The van der Waals surface area contributed by atoms with E-state index in [1.165, 1.54) is 12.1 Å². The SMILES string of the molecule is O=C(Cn1cc(C(=O)O)nn1)Nc1cc(Cl)ccc1F. The molecule has 0 spiro atoms. The lowest BCUT2D eigenvalue weighted by atomic mass is 10.3. The summed E-state index contributed by atoms with van der Waals surface area (Å²) in [5, 5.41) is 18.0. The van der Waals surface area contributed by atoms with E-state index in [4.69, 9.17) is 16.7 Å². The highest BCUT2D eigenvalue weighted by Gasteiger charge is 2.12. The number of amides is 1. The summed E-state index contributed by atoms with van der Waals surface area (Å²) in [4.78, 5) is 22.3. The summed E-state index contributed by atoms with van der Waals surface area (Å²) in [6.45, 7) is -0.299. The van der Waals surface area contributed by atoms with Gasteiger partial charge in [-0.3, -0.25) is 4.79 Å². The third-order valence-electron chi connectivity index (χ3n) is 2.27. The second-order valence-electron chi connectivity index (χ2n) is 3.78. The van der Waals surface area contributed by atoms with E-state index >= 15 is 0 Å². The van der Waals surface area contributed by atoms with E-state index in [1.807, 2.05) is 0 Å². The average Bonchev–Trinajstić information content (AvgIpc) is 2.82. The Balaban J connectivity index is 2.05. The summed E-state index contributed by atoms with van der Waals surface area (Å²) in [6.07, 6.45) is 1.09. The highest BCUT2D eigenvalue weighted by atomic mass is 35.5. The number of nitrogens with one attached hydrogen (secondary N) is 1. The molecule has 1 amide bonds. The van der Waals surface area contributed by atoms with E-state index in [0.717, 1.165) is 16.9 Å². The minimum atomic E-state index is -1.25. The molecule has 2 rings (SSSR count). The zero-order valence-electron chi connectivity index (χ0n) is 9.88. The van der Waals surface area contributed by atoms with Crippen molar-refractivity contribution in [2.45, 2.75) is 6.54 Å². The molecule has 0 saturated carbocycles. The van der Waals surface area contributed by atoms with Crippen LogP contribution in [0.25, 0.3) is 0 Å². The maximum atomic E-state index is 13.4. The maximum Gasteiger partial charge on any atom is 0.358 e. The molecule has 104 valence electrons. The molecular formula is C11H8ClFN4O3. The van der Waals surface area contributed by atoms with Gasteiger partial charge in [0.2, 0.25) is 5.91 Å². The Hall–Kier alpha value is -2.48. The van der Waals surface area contributed by atoms with Crippen molar-refractivity contribution in [1.29, 1.82) is 0 Å². The molecule has 0 saturated heterocycles. The molecule has 0 bridgehead atoms. The van der Waals surface area contributed by atoms with Gasteiger partial charge in [0.1, 0.15) is 12.4 Å². The number of halogens is 2. The second-order valence-corrected chi connectivity index (χ2v) is 4.22. The van der Waals surface area contributed by atoms with E-state index < -0.39 is 17.7 Å². The first kappa shape index (κ1) is 13.9. The van der Waals surface area contributed by atoms with Crippen LogP contribution in [0.2, 0.25) is 5.02 Å². The van der Waals surface area contributed by atoms with Crippen molar-refractivity contribution < 1.29 is 19.1 Å². The Kier molecular flexibility index (Phi) is 3.94. The molecule has 20 heavy (non-hydrogen) atoms. The summed E-state index contributed by atoms with van der Waals surface area (Å²) >= 11 is 5.69. The Morgan fingerprint density at radius 3 is 2.85 bits per heavy atom. The molecule has 0 aliphatic rings. The van der Waals surface area contributed by atoms with E-state index in [2.05, 4.69) is 15.6 Å². The van der Waals surface area contributed by atoms with Crippen LogP contribution in [0.1, 0.15) is 10.5 Å². The van der Waals surface area contributed by atoms with E-state index in [1.54, 1.807) is 0 Å². The van der Waals surface area contributed by atoms with Gasteiger partial charge in [-0.2, -0.15) is 0 Å². The van der Waals surface area contributed by atoms with Gasteiger partial charge >= 0.3 is 5.97 Å². The quantitative estimate of drug-likeness (QED) is 0.889. The Bertz CT molecular complexity index is 673. The highest BCUT2D eigenvalue weighted by Crippen LogP contribution is 2.19. The van der Waals surface area contributed by atoms with Gasteiger partial charge in [0.25, 0.3) is 0 Å². The molecule has 1 aromatic carbocycles. The molecule has 0 unspecified atom stereocenters. The minimum Gasteiger partial charge on any atom is -0.476 e. The molecule has 0 radical (unpaired) electrons. The van der Waals surface area contributed by atoms with Crippen molar-refractivity contribution in [1.82, 2.24) is 15.0 Å². The van der Waals surface area contributed by atoms with Crippen LogP contribution in [-0.2, 0) is 11.3 Å². The number of carbonyl (C=O) groups is 2. The number of anilines is 1. The zero-order chi connectivity index (χ0) is 14.7. The van der Waals surface area contributed by atoms with E-state index in [-0.39, 0.29) is 22.9 Å². The number of carboxylic acid groups (broad SMARTS) is 1. The normalized spacial score (nSPS) is 10.3. The van der Waals surface area contributed by atoms with Gasteiger partial charge in [-0.1, -0.05) is 16.8 Å². The molecule has 0 fully saturated rings. The minimum absolute atomic E-state index is 0.0685. The average molecular weight is 299 g/mol. The number of carboxylic acids is 1. The van der Waals surface area contributed by atoms with Gasteiger partial charge in [0, 0.05) is 5.02 Å². The Morgan fingerprint density at radius 1 is 1.45 bits per heavy atom. The van der Waals surface area contributed by atoms with Crippen molar-refractivity contribution in [3.63, 3.8) is 0 Å². The number of benzene rings is 1. The predicted molar refractivity (Wildman–Crippen MR) is 67.0 cm³/mol. The number of hydrogen-bond acceptors (Lipinski definition) is 4. The number of carbonyl (C=O) groups excluding carboxylic acids is 1. The van der Waals surface area contributed by atoms with Gasteiger partial charge in [-0.05, 0) is 18.2 Å². The van der Waals surface area contributed by atoms with Crippen molar-refractivity contribution in [3.05, 3.63) is 40.9 Å². The molecule has 2 N–H and O–H groups in total. The molecule has 2 aromatic rings. The molecule has 1 aromatic heterocycles. The zero-order valence-corrected chi connectivity index (χ0v) is 10.6. The molecule has 0 atom stereocenters. The predicted octanol–water partition coefficient (Wildman–Crippen LogP) is 1.41. The maximum absolute atomic E-state index is 13.4.